The predicted octanol–water partition coefficient (Wildman–Crippen LogP) is 2.08. The molecule has 2 atom stereocenters. The number of nitrogens with one attached hydrogen (secondary N) is 2. The largest absolute Gasteiger partial charge is 0.376 e. The molecule has 5 nitrogen and oxygen atoms in total. The van der Waals surface area contributed by atoms with E-state index in [0.717, 1.165) is 30.6 Å². The molecule has 5 heteroatoms. The molecule has 1 aliphatic heterocycles. The quantitative estimate of drug-likeness (QED) is 0.835. The van der Waals surface area contributed by atoms with Gasteiger partial charge in [-0.1, -0.05) is 12.1 Å². The van der Waals surface area contributed by atoms with Gasteiger partial charge in [0.25, 0.3) is 0 Å². The van der Waals surface area contributed by atoms with Crippen molar-refractivity contribution in [3.8, 4) is 0 Å². The van der Waals surface area contributed by atoms with Crippen LogP contribution in [0.4, 0.5) is 0 Å². The number of carbonyl (C=O) groups excluding carboxylic acids is 2. The molecule has 2 N–H and O–H groups in total. The van der Waals surface area contributed by atoms with Crippen molar-refractivity contribution in [2.75, 3.05) is 13.2 Å². The molecule has 0 radical (unpaired) electrons. The lowest BCUT2D eigenvalue weighted by Crippen LogP contribution is -2.43. The Bertz CT molecular complexity index is 592. The van der Waals surface area contributed by atoms with Crippen LogP contribution in [0, 0.1) is 20.8 Å². The van der Waals surface area contributed by atoms with E-state index in [9.17, 15) is 9.59 Å². The van der Waals surface area contributed by atoms with E-state index in [4.69, 9.17) is 4.74 Å². The number of aryl methyl sites for hydroxylation is 3. The molecular weight excluding hydrogens is 292 g/mol. The lowest BCUT2D eigenvalue weighted by atomic mass is 9.96. The van der Waals surface area contributed by atoms with Crippen LogP contribution in [0.25, 0.3) is 0 Å². The zero-order chi connectivity index (χ0) is 17.0. The Kier molecular flexibility index (Phi) is 5.77. The van der Waals surface area contributed by atoms with Crippen LogP contribution in [0.15, 0.2) is 12.1 Å². The van der Waals surface area contributed by atoms with Gasteiger partial charge in [0.1, 0.15) is 0 Å². The topological polar surface area (TPSA) is 67.4 Å². The second-order valence-electron chi connectivity index (χ2n) is 6.33. The molecule has 1 saturated heterocycles. The standard InChI is InChI=1S/C18H26N2O3/c1-11-8-13(3)16(9-12(11)2)14(4)20-18(22)17(21)19-10-15-6-5-7-23-15/h8-9,14-15H,5-7,10H2,1-4H3,(H,19,21)(H,20,22). The molecule has 1 aliphatic rings. The Balaban J connectivity index is 1.91. The maximum absolute atomic E-state index is 12.0. The van der Waals surface area contributed by atoms with Crippen molar-refractivity contribution in [1.82, 2.24) is 10.6 Å². The molecule has 1 heterocycles. The molecule has 1 aromatic carbocycles. The molecule has 0 saturated carbocycles. The van der Waals surface area contributed by atoms with E-state index in [2.05, 4.69) is 29.7 Å². The molecule has 0 aromatic heterocycles. The third-order valence-corrected chi connectivity index (χ3v) is 4.42. The van der Waals surface area contributed by atoms with Crippen LogP contribution in [0.1, 0.15) is 48.1 Å². The molecule has 2 rings (SSSR count). The van der Waals surface area contributed by atoms with Crippen molar-refractivity contribution in [2.24, 2.45) is 0 Å². The molecule has 0 spiro atoms. The van der Waals surface area contributed by atoms with Gasteiger partial charge in [-0.15, -0.1) is 0 Å². The summed E-state index contributed by atoms with van der Waals surface area (Å²) in [6, 6.07) is 3.96. The SMILES string of the molecule is Cc1cc(C)c(C(C)NC(=O)C(=O)NCC2CCCO2)cc1C. The van der Waals surface area contributed by atoms with Crippen molar-refractivity contribution in [3.63, 3.8) is 0 Å². The molecule has 1 aromatic rings. The van der Waals surface area contributed by atoms with E-state index >= 15 is 0 Å². The van der Waals surface area contributed by atoms with E-state index in [-0.39, 0.29) is 12.1 Å². The molecule has 2 amide bonds. The summed E-state index contributed by atoms with van der Waals surface area (Å²) in [6.07, 6.45) is 1.97. The van der Waals surface area contributed by atoms with Crippen molar-refractivity contribution < 1.29 is 14.3 Å². The highest BCUT2D eigenvalue weighted by atomic mass is 16.5. The fraction of sp³-hybridized carbons (Fsp3) is 0.556. The summed E-state index contributed by atoms with van der Waals surface area (Å²) in [5.41, 5.74) is 4.54. The number of hydrogen-bond donors (Lipinski definition) is 2. The first kappa shape index (κ1) is 17.5. The summed E-state index contributed by atoms with van der Waals surface area (Å²) >= 11 is 0. The molecule has 0 aliphatic carbocycles. The fourth-order valence-electron chi connectivity index (χ4n) is 2.88. The van der Waals surface area contributed by atoms with Crippen LogP contribution in [0.2, 0.25) is 0 Å². The number of amides is 2. The van der Waals surface area contributed by atoms with Gasteiger partial charge < -0.3 is 15.4 Å². The number of ether oxygens (including phenoxy) is 1. The van der Waals surface area contributed by atoms with Crippen LogP contribution in [0.3, 0.4) is 0 Å². The Labute approximate surface area is 137 Å². The summed E-state index contributed by atoms with van der Waals surface area (Å²) in [7, 11) is 0. The van der Waals surface area contributed by atoms with Gasteiger partial charge in [0, 0.05) is 13.2 Å². The lowest BCUT2D eigenvalue weighted by molar-refractivity contribution is -0.139. The number of carbonyl (C=O) groups is 2. The van der Waals surface area contributed by atoms with Crippen LogP contribution < -0.4 is 10.6 Å². The predicted molar refractivity (Wildman–Crippen MR) is 89.2 cm³/mol. The van der Waals surface area contributed by atoms with E-state index in [1.165, 1.54) is 11.1 Å². The van der Waals surface area contributed by atoms with E-state index in [1.54, 1.807) is 0 Å². The highest BCUT2D eigenvalue weighted by Crippen LogP contribution is 2.21. The maximum Gasteiger partial charge on any atom is 0.309 e. The molecule has 1 fully saturated rings. The van der Waals surface area contributed by atoms with Gasteiger partial charge in [-0.3, -0.25) is 9.59 Å². The smallest absolute Gasteiger partial charge is 0.309 e. The second kappa shape index (κ2) is 7.59. The van der Waals surface area contributed by atoms with E-state index < -0.39 is 11.8 Å². The van der Waals surface area contributed by atoms with Crippen molar-refractivity contribution >= 4 is 11.8 Å². The Morgan fingerprint density at radius 1 is 1.17 bits per heavy atom. The summed E-state index contributed by atoms with van der Waals surface area (Å²) in [5, 5.41) is 5.41. The maximum atomic E-state index is 12.0. The lowest BCUT2D eigenvalue weighted by Gasteiger charge is -2.18. The zero-order valence-corrected chi connectivity index (χ0v) is 14.4. The molecular formula is C18H26N2O3. The Morgan fingerprint density at radius 2 is 1.87 bits per heavy atom. The third-order valence-electron chi connectivity index (χ3n) is 4.42. The molecule has 126 valence electrons. The van der Waals surface area contributed by atoms with Gasteiger partial charge in [0.05, 0.1) is 12.1 Å². The first-order valence-electron chi connectivity index (χ1n) is 8.16. The van der Waals surface area contributed by atoms with Gasteiger partial charge in [-0.25, -0.2) is 0 Å². The second-order valence-corrected chi connectivity index (χ2v) is 6.33. The number of hydrogen-bond acceptors (Lipinski definition) is 3. The van der Waals surface area contributed by atoms with Gasteiger partial charge in [0.15, 0.2) is 0 Å². The van der Waals surface area contributed by atoms with E-state index in [0.29, 0.717) is 6.54 Å². The van der Waals surface area contributed by atoms with Crippen LogP contribution >= 0.6 is 0 Å². The number of rotatable bonds is 4. The minimum atomic E-state index is -0.604. The van der Waals surface area contributed by atoms with Gasteiger partial charge in [-0.05, 0) is 62.8 Å². The zero-order valence-electron chi connectivity index (χ0n) is 14.4. The molecule has 0 bridgehead atoms. The fourth-order valence-corrected chi connectivity index (χ4v) is 2.88. The van der Waals surface area contributed by atoms with Crippen molar-refractivity contribution in [2.45, 2.75) is 52.7 Å². The first-order valence-corrected chi connectivity index (χ1v) is 8.16. The first-order chi connectivity index (χ1) is 10.9. The average Bonchev–Trinajstić information content (AvgIpc) is 3.01. The average molecular weight is 318 g/mol. The van der Waals surface area contributed by atoms with Gasteiger partial charge >= 0.3 is 11.8 Å². The Morgan fingerprint density at radius 3 is 2.52 bits per heavy atom. The molecule has 2 unspecified atom stereocenters. The normalized spacial score (nSPS) is 18.5. The van der Waals surface area contributed by atoms with Crippen molar-refractivity contribution in [1.29, 1.82) is 0 Å². The summed E-state index contributed by atoms with van der Waals surface area (Å²) in [6.45, 7) is 9.14. The van der Waals surface area contributed by atoms with E-state index in [1.807, 2.05) is 20.8 Å². The summed E-state index contributed by atoms with van der Waals surface area (Å²) in [4.78, 5) is 23.9. The van der Waals surface area contributed by atoms with Gasteiger partial charge in [-0.2, -0.15) is 0 Å². The number of benzene rings is 1. The van der Waals surface area contributed by atoms with Crippen LogP contribution in [-0.2, 0) is 14.3 Å². The highest BCUT2D eigenvalue weighted by molar-refractivity contribution is 6.35. The van der Waals surface area contributed by atoms with Gasteiger partial charge in [0.2, 0.25) is 0 Å². The monoisotopic (exact) mass is 318 g/mol. The third kappa shape index (κ3) is 4.55. The minimum Gasteiger partial charge on any atom is -0.376 e. The highest BCUT2D eigenvalue weighted by Gasteiger charge is 2.21. The van der Waals surface area contributed by atoms with Crippen LogP contribution in [0.5, 0.6) is 0 Å². The minimum absolute atomic E-state index is 0.0335. The van der Waals surface area contributed by atoms with Crippen LogP contribution in [-0.4, -0.2) is 31.1 Å². The molecule has 23 heavy (non-hydrogen) atoms. The van der Waals surface area contributed by atoms with Crippen molar-refractivity contribution in [3.05, 3.63) is 34.4 Å². The summed E-state index contributed by atoms with van der Waals surface area (Å²) < 4.78 is 5.43. The summed E-state index contributed by atoms with van der Waals surface area (Å²) in [5.74, 6) is -1.21. The Hall–Kier alpha value is -1.88.